The fourth-order valence-corrected chi connectivity index (χ4v) is 3.10. The lowest BCUT2D eigenvalue weighted by Gasteiger charge is -2.22. The predicted octanol–water partition coefficient (Wildman–Crippen LogP) is 1.68. The molecule has 1 unspecified atom stereocenters. The van der Waals surface area contributed by atoms with Gasteiger partial charge in [-0.15, -0.1) is 11.8 Å². The number of benzene rings is 1. The summed E-state index contributed by atoms with van der Waals surface area (Å²) >= 11 is 1.82. The largest absolute Gasteiger partial charge is 0.492 e. The Balaban J connectivity index is 2.26. The maximum Gasteiger partial charge on any atom is 0.492 e. The zero-order valence-electron chi connectivity index (χ0n) is 11.1. The molecule has 1 atom stereocenters. The number of thioether (sulfide) groups is 1. The Kier molecular flexibility index (Phi) is 4.07. The third-order valence-corrected chi connectivity index (χ3v) is 4.75. The Morgan fingerprint density at radius 1 is 1.50 bits per heavy atom. The van der Waals surface area contributed by atoms with E-state index in [1.807, 2.05) is 23.9 Å². The second-order valence-corrected chi connectivity index (χ2v) is 7.00. The summed E-state index contributed by atoms with van der Waals surface area (Å²) in [6.45, 7) is 7.03. The van der Waals surface area contributed by atoms with Crippen LogP contribution in [0.15, 0.2) is 23.1 Å². The number of hydrogen-bond donors (Lipinski definition) is 2. The SMILES string of the molecule is CCC(C)(C)Sc1ccc2c(c1)B(O)OC2CN. The Morgan fingerprint density at radius 2 is 2.22 bits per heavy atom. The van der Waals surface area contributed by atoms with E-state index in [2.05, 4.69) is 26.8 Å². The second-order valence-electron chi connectivity index (χ2n) is 5.22. The van der Waals surface area contributed by atoms with E-state index in [1.165, 1.54) is 4.90 Å². The molecule has 98 valence electrons. The molecule has 3 N–H and O–H groups in total. The molecule has 0 amide bonds. The minimum absolute atomic E-state index is 0.173. The molecule has 18 heavy (non-hydrogen) atoms. The molecular weight excluding hydrogens is 245 g/mol. The van der Waals surface area contributed by atoms with Crippen LogP contribution in [-0.2, 0) is 4.65 Å². The van der Waals surface area contributed by atoms with Crippen LogP contribution in [0.5, 0.6) is 0 Å². The molecule has 0 spiro atoms. The van der Waals surface area contributed by atoms with Crippen molar-refractivity contribution in [2.24, 2.45) is 5.73 Å². The van der Waals surface area contributed by atoms with Gasteiger partial charge < -0.3 is 15.4 Å². The molecule has 2 rings (SSSR count). The first-order valence-corrected chi connectivity index (χ1v) is 7.15. The monoisotopic (exact) mass is 265 g/mol. The molecular formula is C13H20BNO2S. The fourth-order valence-electron chi connectivity index (χ4n) is 2.00. The molecule has 0 fully saturated rings. The maximum atomic E-state index is 9.88. The van der Waals surface area contributed by atoms with Crippen LogP contribution in [0.25, 0.3) is 0 Å². The summed E-state index contributed by atoms with van der Waals surface area (Å²) in [7, 11) is -0.834. The molecule has 1 aliphatic rings. The zero-order valence-corrected chi connectivity index (χ0v) is 12.0. The predicted molar refractivity (Wildman–Crippen MR) is 77.2 cm³/mol. The van der Waals surface area contributed by atoms with E-state index < -0.39 is 7.12 Å². The first kappa shape index (κ1) is 13.9. The lowest BCUT2D eigenvalue weighted by atomic mass is 9.79. The zero-order chi connectivity index (χ0) is 13.3. The second kappa shape index (κ2) is 5.25. The highest BCUT2D eigenvalue weighted by atomic mass is 32.2. The van der Waals surface area contributed by atoms with Crippen molar-refractivity contribution in [2.45, 2.75) is 42.9 Å². The van der Waals surface area contributed by atoms with E-state index in [1.54, 1.807) is 0 Å². The molecule has 0 bridgehead atoms. The van der Waals surface area contributed by atoms with Crippen molar-refractivity contribution in [3.8, 4) is 0 Å². The Hall–Kier alpha value is -0.485. The van der Waals surface area contributed by atoms with Gasteiger partial charge in [0.05, 0.1) is 6.10 Å². The van der Waals surface area contributed by atoms with E-state index in [9.17, 15) is 5.02 Å². The summed E-state index contributed by atoms with van der Waals surface area (Å²) in [6.07, 6.45) is 0.924. The average molecular weight is 265 g/mol. The van der Waals surface area contributed by atoms with Crippen molar-refractivity contribution in [1.82, 2.24) is 0 Å². The summed E-state index contributed by atoms with van der Waals surface area (Å²) < 4.78 is 5.61. The van der Waals surface area contributed by atoms with E-state index in [4.69, 9.17) is 10.4 Å². The third-order valence-electron chi connectivity index (χ3n) is 3.42. The van der Waals surface area contributed by atoms with Gasteiger partial charge >= 0.3 is 7.12 Å². The number of nitrogens with two attached hydrogens (primary N) is 1. The normalized spacial score (nSPS) is 19.2. The minimum atomic E-state index is -0.834. The Bertz CT molecular complexity index is 439. The van der Waals surface area contributed by atoms with Gasteiger partial charge in [0.1, 0.15) is 0 Å². The summed E-state index contributed by atoms with van der Waals surface area (Å²) in [5.41, 5.74) is 7.51. The van der Waals surface area contributed by atoms with Crippen molar-refractivity contribution < 1.29 is 9.68 Å². The van der Waals surface area contributed by atoms with E-state index in [-0.39, 0.29) is 10.9 Å². The summed E-state index contributed by atoms with van der Waals surface area (Å²) in [4.78, 5) is 1.17. The number of fused-ring (bicyclic) bond motifs is 1. The van der Waals surface area contributed by atoms with E-state index in [0.717, 1.165) is 17.4 Å². The van der Waals surface area contributed by atoms with Crippen LogP contribution in [0.4, 0.5) is 0 Å². The lowest BCUT2D eigenvalue weighted by molar-refractivity contribution is 0.198. The number of hydrogen-bond acceptors (Lipinski definition) is 4. The van der Waals surface area contributed by atoms with Crippen LogP contribution in [0.3, 0.4) is 0 Å². The van der Waals surface area contributed by atoms with Gasteiger partial charge in [0, 0.05) is 16.2 Å². The maximum absolute atomic E-state index is 9.88. The van der Waals surface area contributed by atoms with E-state index >= 15 is 0 Å². The van der Waals surface area contributed by atoms with Gasteiger partial charge in [-0.2, -0.15) is 0 Å². The van der Waals surface area contributed by atoms with Crippen LogP contribution in [0, 0.1) is 0 Å². The van der Waals surface area contributed by atoms with Crippen molar-refractivity contribution in [1.29, 1.82) is 0 Å². The highest BCUT2D eigenvalue weighted by Crippen LogP contribution is 2.35. The van der Waals surface area contributed by atoms with Crippen molar-refractivity contribution >= 4 is 24.3 Å². The summed E-state index contributed by atoms with van der Waals surface area (Å²) in [5.74, 6) is 0. The molecule has 3 nitrogen and oxygen atoms in total. The molecule has 0 saturated carbocycles. The molecule has 0 radical (unpaired) electrons. The molecule has 0 aromatic heterocycles. The quantitative estimate of drug-likeness (QED) is 0.642. The first-order valence-electron chi connectivity index (χ1n) is 6.33. The fraction of sp³-hybridized carbons (Fsp3) is 0.538. The standard InChI is InChI=1S/C13H20BNO2S/c1-4-13(2,3)18-9-5-6-10-11(7-9)14(16)17-12(10)8-15/h5-7,12,16H,4,8,15H2,1-3H3. The highest BCUT2D eigenvalue weighted by Gasteiger charge is 2.34. The van der Waals surface area contributed by atoms with Crippen LogP contribution in [-0.4, -0.2) is 23.4 Å². The summed E-state index contributed by atoms with van der Waals surface area (Å²) in [5, 5.41) is 9.88. The lowest BCUT2D eigenvalue weighted by Crippen LogP contribution is -2.28. The molecule has 1 aromatic carbocycles. The van der Waals surface area contributed by atoms with Gasteiger partial charge in [0.15, 0.2) is 0 Å². The first-order chi connectivity index (χ1) is 8.46. The third kappa shape index (κ3) is 2.74. The van der Waals surface area contributed by atoms with Crippen molar-refractivity contribution in [3.63, 3.8) is 0 Å². The van der Waals surface area contributed by atoms with Crippen LogP contribution in [0.1, 0.15) is 38.9 Å². The molecule has 5 heteroatoms. The smallest absolute Gasteiger partial charge is 0.423 e. The van der Waals surface area contributed by atoms with Crippen LogP contribution >= 0.6 is 11.8 Å². The molecule has 1 heterocycles. The molecule has 0 saturated heterocycles. The molecule has 1 aliphatic heterocycles. The number of rotatable bonds is 4. The van der Waals surface area contributed by atoms with Crippen molar-refractivity contribution in [2.75, 3.05) is 6.54 Å². The van der Waals surface area contributed by atoms with E-state index in [0.29, 0.717) is 6.54 Å². The van der Waals surface area contributed by atoms with Gasteiger partial charge in [-0.25, -0.2) is 0 Å². The Labute approximate surface area is 113 Å². The van der Waals surface area contributed by atoms with Gasteiger partial charge in [0.2, 0.25) is 0 Å². The van der Waals surface area contributed by atoms with Gasteiger partial charge in [0.25, 0.3) is 0 Å². The van der Waals surface area contributed by atoms with Gasteiger partial charge in [-0.3, -0.25) is 0 Å². The van der Waals surface area contributed by atoms with Crippen LogP contribution < -0.4 is 11.2 Å². The topological polar surface area (TPSA) is 55.5 Å². The average Bonchev–Trinajstić information content (AvgIpc) is 2.66. The van der Waals surface area contributed by atoms with Crippen LogP contribution in [0.2, 0.25) is 0 Å². The molecule has 0 aliphatic carbocycles. The minimum Gasteiger partial charge on any atom is -0.423 e. The van der Waals surface area contributed by atoms with Crippen molar-refractivity contribution in [3.05, 3.63) is 23.8 Å². The molecule has 1 aromatic rings. The Morgan fingerprint density at radius 3 is 2.83 bits per heavy atom. The van der Waals surface area contributed by atoms with Gasteiger partial charge in [-0.05, 0) is 29.6 Å². The summed E-state index contributed by atoms with van der Waals surface area (Å²) in [6, 6.07) is 6.14. The highest BCUT2D eigenvalue weighted by molar-refractivity contribution is 8.00. The van der Waals surface area contributed by atoms with Gasteiger partial charge in [-0.1, -0.05) is 26.8 Å².